The van der Waals surface area contributed by atoms with E-state index in [1.54, 1.807) is 24.3 Å². The van der Waals surface area contributed by atoms with Gasteiger partial charge in [-0.2, -0.15) is 0 Å². The number of aryl methyl sites for hydroxylation is 1. The van der Waals surface area contributed by atoms with E-state index < -0.39 is 11.3 Å². The van der Waals surface area contributed by atoms with Crippen LogP contribution in [0.1, 0.15) is 33.1 Å². The number of rotatable bonds is 11. The molecule has 11 heteroatoms. The van der Waals surface area contributed by atoms with E-state index in [9.17, 15) is 18.4 Å². The van der Waals surface area contributed by atoms with Crippen molar-refractivity contribution in [2.75, 3.05) is 31.5 Å². The Labute approximate surface area is 195 Å². The molecule has 3 aromatic rings. The molecule has 10 nitrogen and oxygen atoms in total. The van der Waals surface area contributed by atoms with E-state index in [2.05, 4.69) is 9.97 Å². The lowest BCUT2D eigenvalue weighted by Crippen LogP contribution is -2.40. The predicted octanol–water partition coefficient (Wildman–Crippen LogP) is 1.93. The van der Waals surface area contributed by atoms with E-state index >= 15 is 0 Å². The van der Waals surface area contributed by atoms with Gasteiger partial charge in [0.25, 0.3) is 5.56 Å². The molecular formula is C22H31N6O4S-. The third kappa shape index (κ3) is 5.43. The minimum Gasteiger partial charge on any atom is -0.755 e. The number of nitrogens with one attached hydrogen (secondary N) is 1. The van der Waals surface area contributed by atoms with Crippen LogP contribution in [0.25, 0.3) is 22.6 Å². The average molecular weight is 476 g/mol. The van der Waals surface area contributed by atoms with Gasteiger partial charge >= 0.3 is 5.69 Å². The summed E-state index contributed by atoms with van der Waals surface area (Å²) in [5, 5.41) is 0. The molecule has 0 saturated heterocycles. The summed E-state index contributed by atoms with van der Waals surface area (Å²) >= 11 is -2.39. The molecular weight excluding hydrogens is 444 g/mol. The standard InChI is InChI=1S/C22H32N6O4S/c1-5-12-26-20-18(21(29)27(13-6-2)22(26)30)23-19(24-20)16-8-10-17(11-9-16)28(33(31)32)15-7-14-25(3)4/h8-11H,5-7,12-15H2,1-4H3,(H,23,24)(H,31,32)/p-1. The Morgan fingerprint density at radius 2 is 1.67 bits per heavy atom. The maximum atomic E-state index is 12.9. The van der Waals surface area contributed by atoms with Crippen LogP contribution in [0.5, 0.6) is 0 Å². The van der Waals surface area contributed by atoms with Crippen LogP contribution in [0, 0.1) is 0 Å². The van der Waals surface area contributed by atoms with E-state index in [1.165, 1.54) is 13.4 Å². The number of hydrogen-bond donors (Lipinski definition) is 1. The summed E-state index contributed by atoms with van der Waals surface area (Å²) < 4.78 is 27.5. The molecule has 1 unspecified atom stereocenters. The van der Waals surface area contributed by atoms with Crippen molar-refractivity contribution in [3.8, 4) is 11.4 Å². The van der Waals surface area contributed by atoms with Crippen LogP contribution in [0.4, 0.5) is 5.69 Å². The van der Waals surface area contributed by atoms with Gasteiger partial charge in [-0.25, -0.2) is 9.78 Å². The van der Waals surface area contributed by atoms with Crippen LogP contribution in [0.2, 0.25) is 0 Å². The number of benzene rings is 1. The van der Waals surface area contributed by atoms with Crippen molar-refractivity contribution in [3.05, 3.63) is 45.1 Å². The highest BCUT2D eigenvalue weighted by molar-refractivity contribution is 7.80. The van der Waals surface area contributed by atoms with Crippen molar-refractivity contribution < 1.29 is 8.76 Å². The Bertz CT molecular complexity index is 1230. The molecule has 0 spiro atoms. The molecule has 0 aliphatic rings. The quantitative estimate of drug-likeness (QED) is 0.423. The molecule has 1 aromatic carbocycles. The van der Waals surface area contributed by atoms with Crippen molar-refractivity contribution in [1.82, 2.24) is 24.0 Å². The molecule has 33 heavy (non-hydrogen) atoms. The third-order valence-corrected chi connectivity index (χ3v) is 6.08. The summed E-state index contributed by atoms with van der Waals surface area (Å²) in [5.74, 6) is 0.453. The SMILES string of the molecule is CCCn1c(=O)c2[nH]c(-c3ccc(N(CCCN(C)C)S(=O)[O-])cc3)nc2n(CCC)c1=O. The Morgan fingerprint density at radius 3 is 2.24 bits per heavy atom. The smallest absolute Gasteiger partial charge is 0.332 e. The first-order chi connectivity index (χ1) is 15.8. The molecule has 1 N–H and O–H groups in total. The van der Waals surface area contributed by atoms with Gasteiger partial charge in [0.1, 0.15) is 11.3 Å². The number of imidazole rings is 1. The normalized spacial score (nSPS) is 12.5. The molecule has 2 aromatic heterocycles. The fraction of sp³-hybridized carbons (Fsp3) is 0.500. The molecule has 1 atom stereocenters. The number of nitrogens with zero attached hydrogens (tertiary/aromatic N) is 5. The van der Waals surface area contributed by atoms with Crippen LogP contribution in [-0.4, -0.2) is 59.9 Å². The summed E-state index contributed by atoms with van der Waals surface area (Å²) in [6.07, 6.45) is 2.10. The molecule has 3 rings (SSSR count). The highest BCUT2D eigenvalue weighted by Gasteiger charge is 2.17. The third-order valence-electron chi connectivity index (χ3n) is 5.33. The molecule has 180 valence electrons. The van der Waals surface area contributed by atoms with Gasteiger partial charge in [0.05, 0.1) is 0 Å². The van der Waals surface area contributed by atoms with Crippen LogP contribution in [-0.2, 0) is 24.4 Å². The summed E-state index contributed by atoms with van der Waals surface area (Å²) in [5.41, 5.74) is 1.14. The van der Waals surface area contributed by atoms with Crippen LogP contribution in [0.3, 0.4) is 0 Å². The Kier molecular flexibility index (Phi) is 8.22. The van der Waals surface area contributed by atoms with Gasteiger partial charge in [-0.3, -0.25) is 18.1 Å². The Morgan fingerprint density at radius 1 is 1.03 bits per heavy atom. The highest BCUT2D eigenvalue weighted by atomic mass is 32.2. The maximum absolute atomic E-state index is 12.9. The first-order valence-electron chi connectivity index (χ1n) is 11.1. The summed E-state index contributed by atoms with van der Waals surface area (Å²) in [7, 11) is 3.88. The van der Waals surface area contributed by atoms with E-state index in [1.807, 2.05) is 32.8 Å². The van der Waals surface area contributed by atoms with E-state index in [4.69, 9.17) is 0 Å². The number of fused-ring (bicyclic) bond motifs is 1. The zero-order valence-corrected chi connectivity index (χ0v) is 20.4. The monoisotopic (exact) mass is 475 g/mol. The second kappa shape index (κ2) is 10.9. The lowest BCUT2D eigenvalue weighted by Gasteiger charge is -2.27. The van der Waals surface area contributed by atoms with Crippen LogP contribution >= 0.6 is 0 Å². The second-order valence-electron chi connectivity index (χ2n) is 8.20. The molecule has 0 radical (unpaired) electrons. The molecule has 0 amide bonds. The van der Waals surface area contributed by atoms with Gasteiger partial charge in [0.15, 0.2) is 5.65 Å². The van der Waals surface area contributed by atoms with Crippen LogP contribution in [0.15, 0.2) is 33.9 Å². The maximum Gasteiger partial charge on any atom is 0.332 e. The first kappa shape index (κ1) is 24.9. The Hall–Kier alpha value is -2.76. The molecule has 0 saturated carbocycles. The van der Waals surface area contributed by atoms with Gasteiger partial charge in [-0.15, -0.1) is 0 Å². The van der Waals surface area contributed by atoms with Crippen molar-refractivity contribution in [3.63, 3.8) is 0 Å². The first-order valence-corrected chi connectivity index (χ1v) is 12.2. The minimum absolute atomic E-state index is 0.293. The molecule has 0 aliphatic heterocycles. The lowest BCUT2D eigenvalue weighted by atomic mass is 10.2. The fourth-order valence-corrected chi connectivity index (χ4v) is 4.33. The summed E-state index contributed by atoms with van der Waals surface area (Å²) in [4.78, 5) is 35.4. The van der Waals surface area contributed by atoms with Gasteiger partial charge < -0.3 is 18.7 Å². The van der Waals surface area contributed by atoms with Crippen molar-refractivity contribution >= 4 is 28.1 Å². The van der Waals surface area contributed by atoms with Crippen molar-refractivity contribution in [2.45, 2.75) is 46.2 Å². The second-order valence-corrected chi connectivity index (χ2v) is 9.07. The predicted molar refractivity (Wildman–Crippen MR) is 130 cm³/mol. The van der Waals surface area contributed by atoms with Gasteiger partial charge in [0, 0.05) is 42.2 Å². The Balaban J connectivity index is 1.99. The zero-order chi connectivity index (χ0) is 24.1. The van der Waals surface area contributed by atoms with Gasteiger partial charge in [0.2, 0.25) is 0 Å². The minimum atomic E-state index is -2.39. The van der Waals surface area contributed by atoms with E-state index in [-0.39, 0.29) is 11.2 Å². The van der Waals surface area contributed by atoms with E-state index in [0.29, 0.717) is 60.7 Å². The lowest BCUT2D eigenvalue weighted by molar-refractivity contribution is 0.402. The van der Waals surface area contributed by atoms with Crippen LogP contribution < -0.4 is 15.6 Å². The van der Waals surface area contributed by atoms with E-state index in [0.717, 1.165) is 13.0 Å². The van der Waals surface area contributed by atoms with Crippen molar-refractivity contribution in [1.29, 1.82) is 0 Å². The number of aromatic nitrogens is 4. The topological polar surface area (TPSA) is 119 Å². The molecule has 2 heterocycles. The molecule has 0 aliphatic carbocycles. The number of hydrogen-bond acceptors (Lipinski definition) is 6. The number of H-pyrrole nitrogens is 1. The summed E-state index contributed by atoms with van der Waals surface area (Å²) in [6, 6.07) is 6.93. The van der Waals surface area contributed by atoms with Gasteiger partial charge in [-0.05, 0) is 64.2 Å². The number of anilines is 1. The summed E-state index contributed by atoms with van der Waals surface area (Å²) in [6.45, 7) is 5.83. The molecule has 0 fully saturated rings. The molecule has 0 bridgehead atoms. The fourth-order valence-electron chi connectivity index (χ4n) is 3.76. The average Bonchev–Trinajstić information content (AvgIpc) is 3.22. The largest absolute Gasteiger partial charge is 0.755 e. The van der Waals surface area contributed by atoms with Crippen molar-refractivity contribution in [2.24, 2.45) is 0 Å². The highest BCUT2D eigenvalue weighted by Crippen LogP contribution is 2.23. The van der Waals surface area contributed by atoms with Gasteiger partial charge in [-0.1, -0.05) is 13.8 Å². The number of aromatic amines is 1. The zero-order valence-electron chi connectivity index (χ0n) is 19.5.